The Morgan fingerprint density at radius 1 is 1.42 bits per heavy atom. The topological polar surface area (TPSA) is 49.5 Å². The molecule has 104 valence electrons. The minimum Gasteiger partial charge on any atom is -0.396 e. The van der Waals surface area contributed by atoms with Crippen LogP contribution in [0.2, 0.25) is 0 Å². The molecule has 0 radical (unpaired) electrons. The Bertz CT molecular complexity index is 410. The number of piperidine rings is 1. The first-order chi connectivity index (χ1) is 9.20. The Kier molecular flexibility index (Phi) is 5.31. The zero-order chi connectivity index (χ0) is 13.7. The van der Waals surface area contributed by atoms with Crippen molar-refractivity contribution in [1.29, 1.82) is 0 Å². The third-order valence-electron chi connectivity index (χ3n) is 3.85. The van der Waals surface area contributed by atoms with Gasteiger partial charge >= 0.3 is 0 Å². The summed E-state index contributed by atoms with van der Waals surface area (Å²) in [6.45, 7) is 3.15. The predicted molar refractivity (Wildman–Crippen MR) is 82.2 cm³/mol. The van der Waals surface area contributed by atoms with Crippen LogP contribution in [-0.2, 0) is 0 Å². The molecule has 0 bridgehead atoms. The van der Waals surface area contributed by atoms with Crippen molar-refractivity contribution in [3.8, 4) is 0 Å². The largest absolute Gasteiger partial charge is 0.396 e. The van der Waals surface area contributed by atoms with Crippen LogP contribution in [0.1, 0.15) is 24.3 Å². The maximum atomic E-state index is 9.29. The van der Waals surface area contributed by atoms with Crippen molar-refractivity contribution in [2.24, 2.45) is 11.7 Å². The molecule has 0 spiro atoms. The summed E-state index contributed by atoms with van der Waals surface area (Å²) in [6, 6.07) is 10.2. The average Bonchev–Trinajstić information content (AvgIpc) is 2.45. The second-order valence-electron chi connectivity index (χ2n) is 5.32. The number of benzene rings is 1. The molecule has 0 aromatic heterocycles. The monoisotopic (exact) mass is 278 g/mol. The highest BCUT2D eigenvalue weighted by Crippen LogP contribution is 2.22. The fourth-order valence-corrected chi connectivity index (χ4v) is 2.98. The molecule has 2 unspecified atom stereocenters. The number of rotatable bonds is 5. The van der Waals surface area contributed by atoms with Gasteiger partial charge in [0.05, 0.1) is 4.99 Å². The minimum absolute atomic E-state index is 0.105. The van der Waals surface area contributed by atoms with Crippen LogP contribution in [0.3, 0.4) is 0 Å². The number of hydrogen-bond donors (Lipinski definition) is 2. The lowest BCUT2D eigenvalue weighted by atomic mass is 9.94. The van der Waals surface area contributed by atoms with E-state index in [1.165, 1.54) is 5.56 Å². The lowest BCUT2D eigenvalue weighted by Gasteiger charge is -2.34. The number of nitrogens with two attached hydrogens (primary N) is 1. The van der Waals surface area contributed by atoms with Crippen molar-refractivity contribution in [3.63, 3.8) is 0 Å². The van der Waals surface area contributed by atoms with Gasteiger partial charge in [0.2, 0.25) is 0 Å². The fourth-order valence-electron chi connectivity index (χ4n) is 2.77. The van der Waals surface area contributed by atoms with Gasteiger partial charge in [-0.1, -0.05) is 42.5 Å². The molecule has 1 aromatic rings. The summed E-state index contributed by atoms with van der Waals surface area (Å²) in [4.78, 5) is 2.93. The van der Waals surface area contributed by atoms with E-state index in [0.29, 0.717) is 10.9 Å². The molecule has 1 aliphatic rings. The molecule has 0 amide bonds. The molecule has 2 atom stereocenters. The Morgan fingerprint density at radius 2 is 2.16 bits per heavy atom. The standard InChI is InChI=1S/C15H22N2OS/c16-15(19)14(13-6-2-1-3-7-13)10-17-8-4-5-12(9-17)11-18/h1-3,6-7,12,14,18H,4-5,8-11H2,(H2,16,19). The van der Waals surface area contributed by atoms with E-state index < -0.39 is 0 Å². The van der Waals surface area contributed by atoms with Crippen LogP contribution in [0.15, 0.2) is 30.3 Å². The van der Waals surface area contributed by atoms with Gasteiger partial charge in [-0.25, -0.2) is 0 Å². The average molecular weight is 278 g/mol. The Hall–Kier alpha value is -0.970. The van der Waals surface area contributed by atoms with Crippen molar-refractivity contribution in [3.05, 3.63) is 35.9 Å². The maximum absolute atomic E-state index is 9.29. The lowest BCUT2D eigenvalue weighted by molar-refractivity contribution is 0.120. The van der Waals surface area contributed by atoms with E-state index in [1.54, 1.807) is 0 Å². The second-order valence-corrected chi connectivity index (χ2v) is 5.79. The molecule has 0 saturated carbocycles. The number of aliphatic hydroxyl groups excluding tert-OH is 1. The summed E-state index contributed by atoms with van der Waals surface area (Å²) in [5.74, 6) is 0.505. The van der Waals surface area contributed by atoms with Gasteiger partial charge in [0.15, 0.2) is 0 Å². The van der Waals surface area contributed by atoms with Crippen LogP contribution in [0.25, 0.3) is 0 Å². The fraction of sp³-hybridized carbons (Fsp3) is 0.533. The van der Waals surface area contributed by atoms with Crippen LogP contribution < -0.4 is 5.73 Å². The first kappa shape index (κ1) is 14.4. The van der Waals surface area contributed by atoms with Crippen molar-refractivity contribution in [2.45, 2.75) is 18.8 Å². The summed E-state index contributed by atoms with van der Waals surface area (Å²) in [5.41, 5.74) is 7.09. The van der Waals surface area contributed by atoms with Crippen LogP contribution in [0.5, 0.6) is 0 Å². The van der Waals surface area contributed by atoms with E-state index in [0.717, 1.165) is 32.5 Å². The molecular weight excluding hydrogens is 256 g/mol. The van der Waals surface area contributed by atoms with Gasteiger partial charge < -0.3 is 15.7 Å². The summed E-state index contributed by atoms with van der Waals surface area (Å²) in [6.07, 6.45) is 2.26. The van der Waals surface area contributed by atoms with E-state index in [-0.39, 0.29) is 12.5 Å². The molecule has 3 nitrogen and oxygen atoms in total. The van der Waals surface area contributed by atoms with Crippen molar-refractivity contribution in [1.82, 2.24) is 4.90 Å². The zero-order valence-corrected chi connectivity index (χ0v) is 12.0. The molecule has 4 heteroatoms. The minimum atomic E-state index is 0.105. The van der Waals surface area contributed by atoms with Gasteiger partial charge in [0.1, 0.15) is 0 Å². The highest BCUT2D eigenvalue weighted by atomic mass is 32.1. The highest BCUT2D eigenvalue weighted by molar-refractivity contribution is 7.80. The molecular formula is C15H22N2OS. The molecule has 1 heterocycles. The van der Waals surface area contributed by atoms with Gasteiger partial charge in [-0.2, -0.15) is 0 Å². The summed E-state index contributed by atoms with van der Waals surface area (Å²) in [5, 5.41) is 9.29. The van der Waals surface area contributed by atoms with Gasteiger partial charge in [-0.15, -0.1) is 0 Å². The quantitative estimate of drug-likeness (QED) is 0.806. The van der Waals surface area contributed by atoms with Crippen LogP contribution >= 0.6 is 12.2 Å². The number of hydrogen-bond acceptors (Lipinski definition) is 3. The third kappa shape index (κ3) is 4.00. The van der Waals surface area contributed by atoms with Gasteiger partial charge in [-0.3, -0.25) is 0 Å². The Balaban J connectivity index is 2.03. The Morgan fingerprint density at radius 3 is 2.79 bits per heavy atom. The van der Waals surface area contributed by atoms with Crippen molar-refractivity contribution >= 4 is 17.2 Å². The Labute approximate surface area is 120 Å². The second kappa shape index (κ2) is 6.98. The molecule has 1 aliphatic heterocycles. The number of likely N-dealkylation sites (tertiary alicyclic amines) is 1. The first-order valence-electron chi connectivity index (χ1n) is 6.88. The van der Waals surface area contributed by atoms with Gasteiger partial charge in [-0.05, 0) is 30.9 Å². The normalized spacial score (nSPS) is 22.1. The van der Waals surface area contributed by atoms with Crippen LogP contribution in [0.4, 0.5) is 0 Å². The maximum Gasteiger partial charge on any atom is 0.0816 e. The third-order valence-corrected chi connectivity index (χ3v) is 4.13. The molecule has 19 heavy (non-hydrogen) atoms. The van der Waals surface area contributed by atoms with E-state index in [2.05, 4.69) is 17.0 Å². The van der Waals surface area contributed by atoms with E-state index in [9.17, 15) is 5.11 Å². The van der Waals surface area contributed by atoms with Crippen LogP contribution in [0, 0.1) is 5.92 Å². The van der Waals surface area contributed by atoms with Crippen molar-refractivity contribution in [2.75, 3.05) is 26.2 Å². The zero-order valence-electron chi connectivity index (χ0n) is 11.2. The lowest BCUT2D eigenvalue weighted by Crippen LogP contribution is -2.41. The molecule has 3 N–H and O–H groups in total. The van der Waals surface area contributed by atoms with E-state index >= 15 is 0 Å². The first-order valence-corrected chi connectivity index (χ1v) is 7.29. The summed E-state index contributed by atoms with van der Waals surface area (Å²) in [7, 11) is 0. The molecule has 1 fully saturated rings. The summed E-state index contributed by atoms with van der Waals surface area (Å²) < 4.78 is 0. The van der Waals surface area contributed by atoms with Gasteiger partial charge in [0, 0.05) is 25.6 Å². The molecule has 1 saturated heterocycles. The molecule has 1 aromatic carbocycles. The smallest absolute Gasteiger partial charge is 0.0816 e. The highest BCUT2D eigenvalue weighted by Gasteiger charge is 2.23. The van der Waals surface area contributed by atoms with Crippen molar-refractivity contribution < 1.29 is 5.11 Å². The van der Waals surface area contributed by atoms with E-state index in [4.69, 9.17) is 18.0 Å². The molecule has 0 aliphatic carbocycles. The van der Waals surface area contributed by atoms with E-state index in [1.807, 2.05) is 18.2 Å². The number of nitrogens with zero attached hydrogens (tertiary/aromatic N) is 1. The van der Waals surface area contributed by atoms with Crippen LogP contribution in [-0.4, -0.2) is 41.2 Å². The number of thiocarbonyl (C=S) groups is 1. The SMILES string of the molecule is NC(=S)C(CN1CCCC(CO)C1)c1ccccc1. The van der Waals surface area contributed by atoms with Gasteiger partial charge in [0.25, 0.3) is 0 Å². The number of aliphatic hydroxyl groups is 1. The molecule has 2 rings (SSSR count). The predicted octanol–water partition coefficient (Wildman–Crippen LogP) is 1.76. The summed E-state index contributed by atoms with van der Waals surface area (Å²) >= 11 is 5.23.